The van der Waals surface area contributed by atoms with Gasteiger partial charge >= 0.3 is 0 Å². The third kappa shape index (κ3) is 2.52. The Balaban J connectivity index is 2.51. The van der Waals surface area contributed by atoms with Gasteiger partial charge in [0, 0.05) is 5.56 Å². The summed E-state index contributed by atoms with van der Waals surface area (Å²) in [7, 11) is 0. The number of hydrogen-bond donors (Lipinski definition) is 3. The molecule has 0 saturated heterocycles. The number of Topliss-reactive ketones (excluding diaryl/α,β-unsaturated/α-hetero) is 1. The first-order valence-corrected chi connectivity index (χ1v) is 5.92. The lowest BCUT2D eigenvalue weighted by molar-refractivity contribution is 0.101. The van der Waals surface area contributed by atoms with Crippen molar-refractivity contribution in [2.75, 3.05) is 10.7 Å². The van der Waals surface area contributed by atoms with E-state index in [0.717, 1.165) is 0 Å². The Bertz CT molecular complexity index is 723. The van der Waals surface area contributed by atoms with Crippen molar-refractivity contribution >= 4 is 23.0 Å². The zero-order chi connectivity index (χ0) is 14.9. The maximum absolute atomic E-state index is 11.6. The van der Waals surface area contributed by atoms with Crippen LogP contribution in [0.3, 0.4) is 0 Å². The molecule has 0 spiro atoms. The van der Waals surface area contributed by atoms with Crippen LogP contribution < -0.4 is 22.1 Å². The van der Waals surface area contributed by atoms with Crippen LogP contribution in [0.2, 0.25) is 0 Å². The first kappa shape index (κ1) is 13.8. The number of carbonyl (C=O) groups excluding carboxylic acids is 1. The number of benzene rings is 1. The first-order chi connectivity index (χ1) is 9.40. The molecule has 7 heteroatoms. The molecule has 1 aromatic heterocycles. The number of aryl methyl sites for hydroxylation is 1. The molecule has 0 fully saturated rings. The molecular formula is C13H15N5O2. The van der Waals surface area contributed by atoms with Crippen molar-refractivity contribution in [3.05, 3.63) is 46.0 Å². The monoisotopic (exact) mass is 273 g/mol. The van der Waals surface area contributed by atoms with Crippen molar-refractivity contribution in [3.8, 4) is 0 Å². The summed E-state index contributed by atoms with van der Waals surface area (Å²) >= 11 is 0. The number of anilines is 3. The molecule has 0 radical (unpaired) electrons. The Labute approximate surface area is 115 Å². The molecule has 104 valence electrons. The molecule has 0 amide bonds. The Morgan fingerprint density at radius 2 is 2.10 bits per heavy atom. The normalized spacial score (nSPS) is 10.3. The summed E-state index contributed by atoms with van der Waals surface area (Å²) < 4.78 is 0. The molecule has 0 atom stereocenters. The molecule has 0 aliphatic carbocycles. The highest BCUT2D eigenvalue weighted by Crippen LogP contribution is 2.23. The molecule has 0 aliphatic rings. The van der Waals surface area contributed by atoms with E-state index in [0.29, 0.717) is 17.1 Å². The summed E-state index contributed by atoms with van der Waals surface area (Å²) in [6.07, 6.45) is 0. The largest absolute Gasteiger partial charge is 0.391 e. The van der Waals surface area contributed by atoms with Gasteiger partial charge in [0.2, 0.25) is 0 Å². The number of hydrogen-bond acceptors (Lipinski definition) is 6. The van der Waals surface area contributed by atoms with Crippen molar-refractivity contribution in [2.24, 2.45) is 5.84 Å². The van der Waals surface area contributed by atoms with Crippen LogP contribution in [0, 0.1) is 6.92 Å². The van der Waals surface area contributed by atoms with Crippen LogP contribution in [0.5, 0.6) is 0 Å². The van der Waals surface area contributed by atoms with E-state index in [1.165, 1.54) is 11.9 Å². The minimum Gasteiger partial charge on any atom is -0.391 e. The summed E-state index contributed by atoms with van der Waals surface area (Å²) in [6, 6.07) is 6.69. The van der Waals surface area contributed by atoms with E-state index in [1.807, 2.05) is 0 Å². The van der Waals surface area contributed by atoms with E-state index in [1.54, 1.807) is 31.2 Å². The van der Waals surface area contributed by atoms with Crippen molar-refractivity contribution in [1.29, 1.82) is 0 Å². The predicted molar refractivity (Wildman–Crippen MR) is 76.8 cm³/mol. The Morgan fingerprint density at radius 3 is 2.75 bits per heavy atom. The number of H-pyrrole nitrogens is 1. The van der Waals surface area contributed by atoms with Crippen LogP contribution in [0.1, 0.15) is 23.1 Å². The molecule has 0 aliphatic heterocycles. The van der Waals surface area contributed by atoms with Crippen molar-refractivity contribution in [3.63, 3.8) is 0 Å². The lowest BCUT2D eigenvalue weighted by Gasteiger charge is -2.19. The number of nitrogens with one attached hydrogen (secondary N) is 1. The second-order valence-corrected chi connectivity index (χ2v) is 4.37. The first-order valence-electron chi connectivity index (χ1n) is 5.92. The lowest BCUT2D eigenvalue weighted by Crippen LogP contribution is -2.30. The van der Waals surface area contributed by atoms with Gasteiger partial charge in [0.05, 0.1) is 5.69 Å². The average Bonchev–Trinajstić information content (AvgIpc) is 2.42. The summed E-state index contributed by atoms with van der Waals surface area (Å²) in [4.78, 5) is 29.6. The number of ketones is 1. The minimum atomic E-state index is -0.453. The third-order valence-corrected chi connectivity index (χ3v) is 2.81. The highest BCUT2D eigenvalue weighted by Gasteiger charge is 2.14. The predicted octanol–water partition coefficient (Wildman–Crippen LogP) is 0.875. The SMILES string of the molecule is CC(=O)c1cccc(N(N)c2nc(C)[nH]c(=O)c2N)c1. The fourth-order valence-corrected chi connectivity index (χ4v) is 1.76. The summed E-state index contributed by atoms with van der Waals surface area (Å²) in [5, 5.41) is 1.18. The lowest BCUT2D eigenvalue weighted by atomic mass is 10.1. The average molecular weight is 273 g/mol. The smallest absolute Gasteiger partial charge is 0.276 e. The van der Waals surface area contributed by atoms with E-state index >= 15 is 0 Å². The quantitative estimate of drug-likeness (QED) is 0.434. The molecule has 5 N–H and O–H groups in total. The van der Waals surface area contributed by atoms with Crippen LogP contribution in [0.4, 0.5) is 17.2 Å². The fourth-order valence-electron chi connectivity index (χ4n) is 1.76. The molecule has 2 aromatic rings. The molecule has 1 aromatic carbocycles. The van der Waals surface area contributed by atoms with Gasteiger partial charge in [-0.05, 0) is 26.0 Å². The minimum absolute atomic E-state index is 0.0775. The Kier molecular flexibility index (Phi) is 3.53. The number of nitrogens with zero attached hydrogens (tertiary/aromatic N) is 2. The van der Waals surface area contributed by atoms with E-state index in [9.17, 15) is 9.59 Å². The van der Waals surface area contributed by atoms with Crippen LogP contribution in [0.25, 0.3) is 0 Å². The van der Waals surface area contributed by atoms with Gasteiger partial charge < -0.3 is 10.7 Å². The number of aromatic nitrogens is 2. The number of nitrogens with two attached hydrogens (primary N) is 2. The molecule has 0 bridgehead atoms. The maximum atomic E-state index is 11.6. The van der Waals surface area contributed by atoms with Crippen molar-refractivity contribution in [1.82, 2.24) is 9.97 Å². The molecule has 1 heterocycles. The van der Waals surface area contributed by atoms with Crippen LogP contribution >= 0.6 is 0 Å². The van der Waals surface area contributed by atoms with Crippen LogP contribution in [-0.4, -0.2) is 15.8 Å². The zero-order valence-corrected chi connectivity index (χ0v) is 11.2. The summed E-state index contributed by atoms with van der Waals surface area (Å²) in [6.45, 7) is 3.09. The van der Waals surface area contributed by atoms with Crippen LogP contribution in [0.15, 0.2) is 29.1 Å². The number of hydrazine groups is 1. The molecular weight excluding hydrogens is 258 g/mol. The second-order valence-electron chi connectivity index (χ2n) is 4.37. The Hall–Kier alpha value is -2.67. The summed E-state index contributed by atoms with van der Waals surface area (Å²) in [5.41, 5.74) is 6.19. The third-order valence-electron chi connectivity index (χ3n) is 2.81. The fraction of sp³-hybridized carbons (Fsp3) is 0.154. The van der Waals surface area contributed by atoms with Gasteiger partial charge in [-0.1, -0.05) is 12.1 Å². The van der Waals surface area contributed by atoms with Gasteiger partial charge in [0.1, 0.15) is 11.5 Å². The van der Waals surface area contributed by atoms with E-state index in [-0.39, 0.29) is 17.3 Å². The van der Waals surface area contributed by atoms with E-state index in [4.69, 9.17) is 11.6 Å². The number of nitrogen functional groups attached to an aromatic ring is 1. The van der Waals surface area contributed by atoms with Gasteiger partial charge in [-0.2, -0.15) is 0 Å². The highest BCUT2D eigenvalue weighted by molar-refractivity contribution is 5.95. The zero-order valence-electron chi connectivity index (χ0n) is 11.2. The van der Waals surface area contributed by atoms with E-state index < -0.39 is 5.56 Å². The van der Waals surface area contributed by atoms with Crippen molar-refractivity contribution < 1.29 is 4.79 Å². The topological polar surface area (TPSA) is 118 Å². The van der Waals surface area contributed by atoms with Crippen molar-refractivity contribution in [2.45, 2.75) is 13.8 Å². The van der Waals surface area contributed by atoms with E-state index in [2.05, 4.69) is 9.97 Å². The maximum Gasteiger partial charge on any atom is 0.276 e. The number of carbonyl (C=O) groups is 1. The Morgan fingerprint density at radius 1 is 1.40 bits per heavy atom. The van der Waals surface area contributed by atoms with Gasteiger partial charge in [0.15, 0.2) is 11.6 Å². The van der Waals surface area contributed by atoms with Gasteiger partial charge in [-0.3, -0.25) is 14.6 Å². The number of rotatable bonds is 3. The van der Waals surface area contributed by atoms with Gasteiger partial charge in [-0.25, -0.2) is 10.8 Å². The highest BCUT2D eigenvalue weighted by atomic mass is 16.1. The summed E-state index contributed by atoms with van der Waals surface area (Å²) in [5.74, 6) is 6.42. The molecule has 20 heavy (non-hydrogen) atoms. The molecule has 0 saturated carbocycles. The van der Waals surface area contributed by atoms with Crippen LogP contribution in [-0.2, 0) is 0 Å². The molecule has 0 unspecified atom stereocenters. The standard InChI is InChI=1S/C13H15N5O2/c1-7(19)9-4-3-5-10(6-9)18(15)12-11(14)13(20)17-8(2)16-12/h3-6H,14-15H2,1-2H3,(H,16,17,20). The van der Waals surface area contributed by atoms with Gasteiger partial charge in [0.25, 0.3) is 5.56 Å². The second kappa shape index (κ2) is 5.14. The van der Waals surface area contributed by atoms with Gasteiger partial charge in [-0.15, -0.1) is 0 Å². The molecule has 7 nitrogen and oxygen atoms in total. The molecule has 2 rings (SSSR count). The number of aromatic amines is 1.